The van der Waals surface area contributed by atoms with E-state index >= 15 is 0 Å². The minimum absolute atomic E-state index is 0.323. The third-order valence-corrected chi connectivity index (χ3v) is 5.10. The van der Waals surface area contributed by atoms with Crippen LogP contribution in [0.2, 0.25) is 0 Å². The van der Waals surface area contributed by atoms with Gasteiger partial charge in [-0.1, -0.05) is 0 Å². The standard InChI is InChI=1S/C16H24BFN2O3/c1-15(2)16(3,4)23-17(22-15)13(18)9-12-10-19-20-14(12)11-5-7-21-8-6-11/h9-11H,5-8H2,1-4H3,(H,19,20). The van der Waals surface area contributed by atoms with Crippen LogP contribution in [0, 0.1) is 0 Å². The van der Waals surface area contributed by atoms with Gasteiger partial charge in [-0.05, 0) is 46.6 Å². The van der Waals surface area contributed by atoms with E-state index in [9.17, 15) is 4.39 Å². The Morgan fingerprint density at radius 1 is 1.26 bits per heavy atom. The molecule has 0 aromatic carbocycles. The molecule has 2 aliphatic heterocycles. The largest absolute Gasteiger partial charge is 0.525 e. The van der Waals surface area contributed by atoms with Crippen LogP contribution >= 0.6 is 0 Å². The van der Waals surface area contributed by atoms with E-state index in [2.05, 4.69) is 10.2 Å². The van der Waals surface area contributed by atoms with Crippen LogP contribution in [-0.4, -0.2) is 41.7 Å². The summed E-state index contributed by atoms with van der Waals surface area (Å²) in [4.78, 5) is 0. The second kappa shape index (κ2) is 6.04. The summed E-state index contributed by atoms with van der Waals surface area (Å²) in [6, 6.07) is 0. The van der Waals surface area contributed by atoms with E-state index in [0.717, 1.165) is 37.3 Å². The Morgan fingerprint density at radius 2 is 1.87 bits per heavy atom. The lowest BCUT2D eigenvalue weighted by atomic mass is 9.85. The number of H-pyrrole nitrogens is 1. The van der Waals surface area contributed by atoms with E-state index in [4.69, 9.17) is 14.0 Å². The van der Waals surface area contributed by atoms with E-state index in [1.54, 1.807) is 6.20 Å². The molecule has 23 heavy (non-hydrogen) atoms. The fraction of sp³-hybridized carbons (Fsp3) is 0.688. The molecule has 5 nitrogen and oxygen atoms in total. The molecule has 0 saturated carbocycles. The van der Waals surface area contributed by atoms with Gasteiger partial charge in [0.1, 0.15) is 5.73 Å². The van der Waals surface area contributed by atoms with Gasteiger partial charge in [0, 0.05) is 30.4 Å². The molecule has 1 aromatic rings. The number of nitrogens with zero attached hydrogens (tertiary/aromatic N) is 1. The first kappa shape index (κ1) is 16.7. The van der Waals surface area contributed by atoms with Gasteiger partial charge in [0.15, 0.2) is 0 Å². The molecule has 0 bridgehead atoms. The first-order valence-electron chi connectivity index (χ1n) is 8.14. The average molecular weight is 322 g/mol. The van der Waals surface area contributed by atoms with Gasteiger partial charge in [0.05, 0.1) is 17.4 Å². The molecule has 1 N–H and O–H groups in total. The Morgan fingerprint density at radius 3 is 2.48 bits per heavy atom. The molecule has 0 aliphatic carbocycles. The highest BCUT2D eigenvalue weighted by molar-refractivity contribution is 6.54. The molecule has 3 heterocycles. The van der Waals surface area contributed by atoms with Gasteiger partial charge < -0.3 is 14.0 Å². The Hall–Kier alpha value is -1.18. The monoisotopic (exact) mass is 322 g/mol. The predicted molar refractivity (Wildman–Crippen MR) is 86.5 cm³/mol. The molecule has 0 spiro atoms. The second-order valence-electron chi connectivity index (χ2n) is 7.24. The highest BCUT2D eigenvalue weighted by Crippen LogP contribution is 2.39. The van der Waals surface area contributed by atoms with Crippen LogP contribution in [0.4, 0.5) is 4.39 Å². The zero-order chi connectivity index (χ0) is 16.7. The van der Waals surface area contributed by atoms with Crippen molar-refractivity contribution in [3.63, 3.8) is 0 Å². The maximum absolute atomic E-state index is 14.6. The first-order valence-corrected chi connectivity index (χ1v) is 8.14. The summed E-state index contributed by atoms with van der Waals surface area (Å²) >= 11 is 0. The molecular formula is C16H24BFN2O3. The van der Waals surface area contributed by atoms with Crippen molar-refractivity contribution in [3.05, 3.63) is 23.2 Å². The second-order valence-corrected chi connectivity index (χ2v) is 7.24. The highest BCUT2D eigenvalue weighted by Gasteiger charge is 2.53. The molecule has 0 radical (unpaired) electrons. The number of rotatable bonds is 3. The molecule has 0 amide bonds. The van der Waals surface area contributed by atoms with Gasteiger partial charge in [-0.3, -0.25) is 5.10 Å². The van der Waals surface area contributed by atoms with E-state index in [-0.39, 0.29) is 0 Å². The highest BCUT2D eigenvalue weighted by atomic mass is 19.1. The van der Waals surface area contributed by atoms with E-state index < -0.39 is 24.0 Å². The molecule has 2 fully saturated rings. The fourth-order valence-electron chi connectivity index (χ4n) is 2.91. The maximum atomic E-state index is 14.6. The molecule has 3 rings (SSSR count). The summed E-state index contributed by atoms with van der Waals surface area (Å²) in [5.41, 5.74) is 0.174. The van der Waals surface area contributed by atoms with Crippen molar-refractivity contribution in [2.75, 3.05) is 13.2 Å². The van der Waals surface area contributed by atoms with Gasteiger partial charge >= 0.3 is 7.12 Å². The van der Waals surface area contributed by atoms with Crippen LogP contribution in [0.1, 0.15) is 57.7 Å². The van der Waals surface area contributed by atoms with Crippen molar-refractivity contribution in [1.82, 2.24) is 10.2 Å². The van der Waals surface area contributed by atoms with Gasteiger partial charge in [-0.25, -0.2) is 4.39 Å². The minimum atomic E-state index is -0.975. The van der Waals surface area contributed by atoms with Gasteiger partial charge in [0.25, 0.3) is 0 Å². The van der Waals surface area contributed by atoms with Crippen LogP contribution in [0.3, 0.4) is 0 Å². The molecule has 0 unspecified atom stereocenters. The Balaban J connectivity index is 1.79. The summed E-state index contributed by atoms with van der Waals surface area (Å²) in [6.07, 6.45) is 4.95. The lowest BCUT2D eigenvalue weighted by molar-refractivity contribution is 0.00578. The quantitative estimate of drug-likeness (QED) is 0.868. The smallest absolute Gasteiger partial charge is 0.398 e. The number of aromatic amines is 1. The summed E-state index contributed by atoms with van der Waals surface area (Å²) in [5, 5.41) is 7.08. The number of hydrogen-bond acceptors (Lipinski definition) is 4. The van der Waals surface area contributed by atoms with E-state index in [0.29, 0.717) is 5.92 Å². The number of hydrogen-bond donors (Lipinski definition) is 1. The topological polar surface area (TPSA) is 56.4 Å². The summed E-state index contributed by atoms with van der Waals surface area (Å²) in [5.74, 6) is 0.323. The molecule has 1 aromatic heterocycles. The molecule has 2 aliphatic rings. The van der Waals surface area contributed by atoms with Crippen molar-refractivity contribution in [1.29, 1.82) is 0 Å². The molecular weight excluding hydrogens is 298 g/mol. The molecule has 0 atom stereocenters. The molecule has 2 saturated heterocycles. The van der Waals surface area contributed by atoms with Crippen LogP contribution in [-0.2, 0) is 14.0 Å². The predicted octanol–water partition coefficient (Wildman–Crippen LogP) is 3.25. The van der Waals surface area contributed by atoms with Crippen LogP contribution in [0.5, 0.6) is 0 Å². The van der Waals surface area contributed by atoms with Crippen LogP contribution in [0.25, 0.3) is 6.08 Å². The number of aromatic nitrogens is 2. The van der Waals surface area contributed by atoms with Crippen molar-refractivity contribution in [3.8, 4) is 0 Å². The third-order valence-electron chi connectivity index (χ3n) is 5.10. The average Bonchev–Trinajstić information content (AvgIpc) is 3.02. The maximum Gasteiger partial charge on any atom is 0.525 e. The van der Waals surface area contributed by atoms with Crippen molar-refractivity contribution in [2.24, 2.45) is 0 Å². The zero-order valence-corrected chi connectivity index (χ0v) is 14.2. The lowest BCUT2D eigenvalue weighted by Gasteiger charge is -2.32. The van der Waals surface area contributed by atoms with Crippen LogP contribution < -0.4 is 0 Å². The van der Waals surface area contributed by atoms with Crippen molar-refractivity contribution >= 4 is 13.2 Å². The number of halogens is 1. The van der Waals surface area contributed by atoms with E-state index in [1.807, 2.05) is 27.7 Å². The first-order chi connectivity index (χ1) is 10.8. The van der Waals surface area contributed by atoms with Crippen molar-refractivity contribution < 1.29 is 18.4 Å². The summed E-state index contributed by atoms with van der Waals surface area (Å²) < 4.78 is 31.5. The summed E-state index contributed by atoms with van der Waals surface area (Å²) in [6.45, 7) is 9.09. The number of ether oxygens (including phenoxy) is 1. The van der Waals surface area contributed by atoms with Gasteiger partial charge in [-0.2, -0.15) is 5.10 Å². The van der Waals surface area contributed by atoms with Crippen LogP contribution in [0.15, 0.2) is 11.9 Å². The van der Waals surface area contributed by atoms with Gasteiger partial charge in [0.2, 0.25) is 0 Å². The molecule has 126 valence electrons. The minimum Gasteiger partial charge on any atom is -0.398 e. The SMILES string of the molecule is CC1(C)OB(C(F)=Cc2cn[nH]c2C2CCOCC2)OC1(C)C. The lowest BCUT2D eigenvalue weighted by Crippen LogP contribution is -2.41. The normalized spacial score (nSPS) is 25.1. The van der Waals surface area contributed by atoms with E-state index in [1.165, 1.54) is 6.08 Å². The number of nitrogens with one attached hydrogen (secondary N) is 1. The summed E-state index contributed by atoms with van der Waals surface area (Å²) in [7, 11) is -0.975. The zero-order valence-electron chi connectivity index (χ0n) is 14.2. The Labute approximate surface area is 136 Å². The Kier molecular flexibility index (Phi) is 4.38. The van der Waals surface area contributed by atoms with Crippen molar-refractivity contribution in [2.45, 2.75) is 57.7 Å². The van der Waals surface area contributed by atoms with Gasteiger partial charge in [-0.15, -0.1) is 0 Å². The third kappa shape index (κ3) is 3.23. The fourth-order valence-corrected chi connectivity index (χ4v) is 2.91. The Bertz CT molecular complexity index is 578. The molecule has 7 heteroatoms.